The standard InChI is InChI=1S/C30H24N4O2/c1-19-7-10-27-26(12-19)25-9-8-21(15-28(25)34(27)29-18-32-20(2)17-33-29)22-13-23(35-3)16-24(14-22)36-30-6-4-5-11-31-30/h4-18H,1-3H3. The van der Waals surface area contributed by atoms with E-state index in [1.165, 1.54) is 10.9 Å². The third kappa shape index (κ3) is 3.92. The van der Waals surface area contributed by atoms with Crippen molar-refractivity contribution in [3.63, 3.8) is 0 Å². The van der Waals surface area contributed by atoms with E-state index in [2.05, 4.69) is 62.8 Å². The Bertz CT molecular complexity index is 1710. The molecule has 3 aromatic heterocycles. The van der Waals surface area contributed by atoms with Crippen LogP contribution in [0.25, 0.3) is 38.8 Å². The van der Waals surface area contributed by atoms with Crippen LogP contribution in [0.4, 0.5) is 0 Å². The number of pyridine rings is 1. The van der Waals surface area contributed by atoms with Gasteiger partial charge in [-0.25, -0.2) is 9.97 Å². The smallest absolute Gasteiger partial charge is 0.219 e. The van der Waals surface area contributed by atoms with Crippen molar-refractivity contribution >= 4 is 21.8 Å². The van der Waals surface area contributed by atoms with E-state index in [0.717, 1.165) is 39.1 Å². The molecule has 0 fully saturated rings. The summed E-state index contributed by atoms with van der Waals surface area (Å²) in [5.74, 6) is 2.68. The molecule has 0 atom stereocenters. The summed E-state index contributed by atoms with van der Waals surface area (Å²) in [5, 5.41) is 2.34. The molecule has 6 heteroatoms. The number of rotatable bonds is 5. The molecule has 3 aromatic carbocycles. The van der Waals surface area contributed by atoms with Gasteiger partial charge < -0.3 is 9.47 Å². The number of aromatic nitrogens is 4. The number of methoxy groups -OCH3 is 1. The van der Waals surface area contributed by atoms with Crippen LogP contribution < -0.4 is 9.47 Å². The number of nitrogens with zero attached hydrogens (tertiary/aromatic N) is 4. The van der Waals surface area contributed by atoms with E-state index in [1.54, 1.807) is 19.5 Å². The molecule has 0 N–H and O–H groups in total. The molecule has 36 heavy (non-hydrogen) atoms. The lowest BCUT2D eigenvalue weighted by Crippen LogP contribution is -1.99. The van der Waals surface area contributed by atoms with Crippen molar-refractivity contribution in [3.8, 4) is 34.3 Å². The van der Waals surface area contributed by atoms with Gasteiger partial charge in [-0.2, -0.15) is 0 Å². The summed E-state index contributed by atoms with van der Waals surface area (Å²) in [6.45, 7) is 4.06. The van der Waals surface area contributed by atoms with E-state index < -0.39 is 0 Å². The van der Waals surface area contributed by atoms with Gasteiger partial charge in [0.1, 0.15) is 11.5 Å². The molecule has 0 aliphatic heterocycles. The Morgan fingerprint density at radius 1 is 0.694 bits per heavy atom. The van der Waals surface area contributed by atoms with Gasteiger partial charge in [-0.3, -0.25) is 9.55 Å². The molecule has 0 saturated heterocycles. The highest BCUT2D eigenvalue weighted by atomic mass is 16.5. The first-order chi connectivity index (χ1) is 17.6. The molecule has 0 radical (unpaired) electrons. The second-order valence-corrected chi connectivity index (χ2v) is 8.77. The quantitative estimate of drug-likeness (QED) is 0.269. The van der Waals surface area contributed by atoms with Crippen molar-refractivity contribution < 1.29 is 9.47 Å². The largest absolute Gasteiger partial charge is 0.497 e. The number of hydrogen-bond acceptors (Lipinski definition) is 5. The third-order valence-corrected chi connectivity index (χ3v) is 6.23. The molecule has 0 aliphatic carbocycles. The third-order valence-electron chi connectivity index (χ3n) is 6.23. The van der Waals surface area contributed by atoms with Crippen LogP contribution in [0, 0.1) is 13.8 Å². The van der Waals surface area contributed by atoms with Gasteiger partial charge in [0.15, 0.2) is 5.82 Å². The molecule has 0 aliphatic rings. The average Bonchev–Trinajstić information content (AvgIpc) is 3.22. The summed E-state index contributed by atoms with van der Waals surface area (Å²) in [7, 11) is 1.66. The molecule has 0 saturated carbocycles. The molecule has 6 rings (SSSR count). The van der Waals surface area contributed by atoms with Crippen LogP contribution in [-0.2, 0) is 0 Å². The van der Waals surface area contributed by atoms with Crippen molar-refractivity contribution in [2.24, 2.45) is 0 Å². The van der Waals surface area contributed by atoms with Crippen molar-refractivity contribution in [2.45, 2.75) is 13.8 Å². The minimum Gasteiger partial charge on any atom is -0.497 e. The Morgan fingerprint density at radius 2 is 1.58 bits per heavy atom. The van der Waals surface area contributed by atoms with Crippen molar-refractivity contribution in [1.82, 2.24) is 19.5 Å². The van der Waals surface area contributed by atoms with E-state index in [-0.39, 0.29) is 0 Å². The van der Waals surface area contributed by atoms with Crippen LogP contribution >= 0.6 is 0 Å². The summed E-state index contributed by atoms with van der Waals surface area (Å²) in [6, 6.07) is 24.4. The Kier molecular flexibility index (Phi) is 5.34. The van der Waals surface area contributed by atoms with Crippen LogP contribution in [-0.4, -0.2) is 26.6 Å². The van der Waals surface area contributed by atoms with E-state index >= 15 is 0 Å². The van der Waals surface area contributed by atoms with Crippen LogP contribution in [0.15, 0.2) is 91.4 Å². The fourth-order valence-electron chi connectivity index (χ4n) is 4.51. The first-order valence-electron chi connectivity index (χ1n) is 11.7. The first kappa shape index (κ1) is 21.8. The number of hydrogen-bond donors (Lipinski definition) is 0. The van der Waals surface area contributed by atoms with Gasteiger partial charge in [-0.1, -0.05) is 29.8 Å². The van der Waals surface area contributed by atoms with Gasteiger partial charge in [0.25, 0.3) is 0 Å². The maximum Gasteiger partial charge on any atom is 0.219 e. The highest BCUT2D eigenvalue weighted by molar-refractivity contribution is 6.10. The maximum atomic E-state index is 6.02. The summed E-state index contributed by atoms with van der Waals surface area (Å²) in [5.41, 5.74) is 6.26. The molecular formula is C30H24N4O2. The molecule has 6 nitrogen and oxygen atoms in total. The van der Waals surface area contributed by atoms with Crippen LogP contribution in [0.1, 0.15) is 11.3 Å². The zero-order chi connectivity index (χ0) is 24.6. The molecule has 6 aromatic rings. The van der Waals surface area contributed by atoms with E-state index in [4.69, 9.17) is 9.47 Å². The predicted molar refractivity (Wildman–Crippen MR) is 142 cm³/mol. The van der Waals surface area contributed by atoms with Gasteiger partial charge in [0.05, 0.1) is 36.2 Å². The Balaban J connectivity index is 1.54. The first-order valence-corrected chi connectivity index (χ1v) is 11.7. The lowest BCUT2D eigenvalue weighted by molar-refractivity contribution is 0.407. The van der Waals surface area contributed by atoms with Crippen molar-refractivity contribution in [1.29, 1.82) is 0 Å². The lowest BCUT2D eigenvalue weighted by atomic mass is 10.0. The van der Waals surface area contributed by atoms with Gasteiger partial charge in [-0.05, 0) is 61.4 Å². The lowest BCUT2D eigenvalue weighted by Gasteiger charge is -2.11. The molecular weight excluding hydrogens is 448 g/mol. The summed E-state index contributed by atoms with van der Waals surface area (Å²) in [6.07, 6.45) is 5.33. The fraction of sp³-hybridized carbons (Fsp3) is 0.100. The summed E-state index contributed by atoms with van der Waals surface area (Å²) in [4.78, 5) is 13.5. The minimum absolute atomic E-state index is 0.528. The highest BCUT2D eigenvalue weighted by Gasteiger charge is 2.15. The molecule has 3 heterocycles. The highest BCUT2D eigenvalue weighted by Crippen LogP contribution is 2.37. The number of benzene rings is 3. The maximum absolute atomic E-state index is 6.02. The molecule has 0 unspecified atom stereocenters. The van der Waals surface area contributed by atoms with Crippen molar-refractivity contribution in [2.75, 3.05) is 7.11 Å². The number of ether oxygens (including phenoxy) is 2. The Morgan fingerprint density at radius 3 is 2.36 bits per heavy atom. The second kappa shape index (κ2) is 8.82. The summed E-state index contributed by atoms with van der Waals surface area (Å²) < 4.78 is 13.8. The number of fused-ring (bicyclic) bond motifs is 3. The molecule has 0 bridgehead atoms. The van der Waals surface area contributed by atoms with E-state index in [0.29, 0.717) is 17.4 Å². The van der Waals surface area contributed by atoms with E-state index in [1.807, 2.05) is 49.5 Å². The Hall–Kier alpha value is -4.71. The van der Waals surface area contributed by atoms with Gasteiger partial charge in [0.2, 0.25) is 5.88 Å². The van der Waals surface area contributed by atoms with Gasteiger partial charge in [-0.15, -0.1) is 0 Å². The van der Waals surface area contributed by atoms with Gasteiger partial charge in [0, 0.05) is 29.1 Å². The van der Waals surface area contributed by atoms with Crippen LogP contribution in [0.2, 0.25) is 0 Å². The monoisotopic (exact) mass is 472 g/mol. The normalized spacial score (nSPS) is 11.2. The van der Waals surface area contributed by atoms with E-state index in [9.17, 15) is 0 Å². The topological polar surface area (TPSA) is 62.1 Å². The predicted octanol–water partition coefficient (Wildman–Crippen LogP) is 7.05. The van der Waals surface area contributed by atoms with Gasteiger partial charge >= 0.3 is 0 Å². The molecule has 0 amide bonds. The van der Waals surface area contributed by atoms with Crippen LogP contribution in [0.5, 0.6) is 17.4 Å². The Labute approximate surface area is 208 Å². The van der Waals surface area contributed by atoms with Crippen molar-refractivity contribution in [3.05, 3.63) is 103 Å². The zero-order valence-corrected chi connectivity index (χ0v) is 20.3. The molecule has 176 valence electrons. The number of aryl methyl sites for hydroxylation is 2. The molecule has 0 spiro atoms. The second-order valence-electron chi connectivity index (χ2n) is 8.77. The average molecular weight is 473 g/mol. The van der Waals surface area contributed by atoms with Crippen LogP contribution in [0.3, 0.4) is 0 Å². The zero-order valence-electron chi connectivity index (χ0n) is 20.3. The summed E-state index contributed by atoms with van der Waals surface area (Å²) >= 11 is 0. The minimum atomic E-state index is 0.528. The SMILES string of the molecule is COc1cc(Oc2ccccn2)cc(-c2ccc3c4cc(C)ccc4n(-c4cnc(C)cn4)c3c2)c1. The fourth-order valence-corrected chi connectivity index (χ4v) is 4.51.